The number of thiazole rings is 1. The van der Waals surface area contributed by atoms with Crippen LogP contribution in [0, 0.1) is 11.7 Å². The molecule has 9 heteroatoms. The van der Waals surface area contributed by atoms with Crippen LogP contribution >= 0.6 is 11.3 Å². The minimum Gasteiger partial charge on any atom is -0.494 e. The first-order valence-corrected chi connectivity index (χ1v) is 12.4. The monoisotopic (exact) mass is 486 g/mol. The van der Waals surface area contributed by atoms with Crippen molar-refractivity contribution in [2.45, 2.75) is 45.6 Å². The standard InChI is InChI=1S/C25H31FN4O3S/c1-25(2,3)30-23(17-5-6-21(32-4)20(26)11-17)19(14-28-30)24-29-18(15-34-24)12-22(31)27-13-16-7-9-33-10-8-16/h5-6,11,14-16H,7-10,12-13H2,1-4H3,(H,27,31). The number of halogens is 1. The second-order valence-corrected chi connectivity index (χ2v) is 10.4. The predicted octanol–water partition coefficient (Wildman–Crippen LogP) is 4.66. The minimum absolute atomic E-state index is 0.0359. The molecule has 0 bridgehead atoms. The SMILES string of the molecule is COc1ccc(-c2c(-c3nc(CC(=O)NCC4CCOCC4)cs3)cnn2C(C)(C)C)cc1F. The number of aromatic nitrogens is 3. The number of hydrogen-bond donors (Lipinski definition) is 1. The average Bonchev–Trinajstić information content (AvgIpc) is 3.45. The third-order valence-corrected chi connectivity index (χ3v) is 6.81. The van der Waals surface area contributed by atoms with E-state index in [1.165, 1.54) is 24.5 Å². The Morgan fingerprint density at radius 3 is 2.76 bits per heavy atom. The zero-order valence-corrected chi connectivity index (χ0v) is 20.9. The van der Waals surface area contributed by atoms with Crippen molar-refractivity contribution in [2.75, 3.05) is 26.9 Å². The summed E-state index contributed by atoms with van der Waals surface area (Å²) in [5.74, 6) is 0.189. The molecule has 1 fully saturated rings. The lowest BCUT2D eigenvalue weighted by atomic mass is 10.0. The fraction of sp³-hybridized carbons (Fsp3) is 0.480. The molecule has 4 rings (SSSR count). The smallest absolute Gasteiger partial charge is 0.226 e. The summed E-state index contributed by atoms with van der Waals surface area (Å²) in [5, 5.41) is 10.3. The largest absolute Gasteiger partial charge is 0.494 e. The molecule has 0 radical (unpaired) electrons. The highest BCUT2D eigenvalue weighted by Crippen LogP contribution is 2.38. The van der Waals surface area contributed by atoms with Crippen molar-refractivity contribution in [2.24, 2.45) is 5.92 Å². The number of hydrogen-bond acceptors (Lipinski definition) is 6. The van der Waals surface area contributed by atoms with Crippen LogP contribution in [-0.2, 0) is 21.5 Å². The topological polar surface area (TPSA) is 78.3 Å². The van der Waals surface area contributed by atoms with Crippen LogP contribution in [0.1, 0.15) is 39.3 Å². The molecule has 1 N–H and O–H groups in total. The maximum Gasteiger partial charge on any atom is 0.226 e. The van der Waals surface area contributed by atoms with Gasteiger partial charge in [-0.1, -0.05) is 0 Å². The molecule has 1 aromatic carbocycles. The Hall–Kier alpha value is -2.78. The highest BCUT2D eigenvalue weighted by Gasteiger charge is 2.25. The molecule has 3 aromatic rings. The summed E-state index contributed by atoms with van der Waals surface area (Å²) in [4.78, 5) is 17.2. The second-order valence-electron chi connectivity index (χ2n) is 9.52. The van der Waals surface area contributed by atoms with Crippen LogP contribution in [-0.4, -0.2) is 47.5 Å². The molecule has 7 nitrogen and oxygen atoms in total. The molecule has 3 heterocycles. The van der Waals surface area contributed by atoms with Crippen molar-refractivity contribution in [3.63, 3.8) is 0 Å². The van der Waals surface area contributed by atoms with E-state index in [0.29, 0.717) is 23.7 Å². The number of carbonyl (C=O) groups is 1. The van der Waals surface area contributed by atoms with Crippen LogP contribution < -0.4 is 10.1 Å². The summed E-state index contributed by atoms with van der Waals surface area (Å²) in [6, 6.07) is 4.90. The molecule has 0 atom stereocenters. The van der Waals surface area contributed by atoms with E-state index in [1.54, 1.807) is 12.3 Å². The quantitative estimate of drug-likeness (QED) is 0.526. The van der Waals surface area contributed by atoms with Gasteiger partial charge in [0.1, 0.15) is 5.01 Å². The summed E-state index contributed by atoms with van der Waals surface area (Å²) in [5.41, 5.74) is 2.65. The van der Waals surface area contributed by atoms with Crippen molar-refractivity contribution in [1.82, 2.24) is 20.1 Å². The van der Waals surface area contributed by atoms with Crippen molar-refractivity contribution in [3.05, 3.63) is 41.3 Å². The Kier molecular flexibility index (Phi) is 7.33. The molecule has 34 heavy (non-hydrogen) atoms. The van der Waals surface area contributed by atoms with Gasteiger partial charge >= 0.3 is 0 Å². The highest BCUT2D eigenvalue weighted by molar-refractivity contribution is 7.13. The number of benzene rings is 1. The van der Waals surface area contributed by atoms with Crippen molar-refractivity contribution in [1.29, 1.82) is 0 Å². The molecule has 2 aromatic heterocycles. The Labute approximate surface area is 203 Å². The Bertz CT molecular complexity index is 1150. The van der Waals surface area contributed by atoms with Gasteiger partial charge in [-0.15, -0.1) is 11.3 Å². The number of methoxy groups -OCH3 is 1. The van der Waals surface area contributed by atoms with Gasteiger partial charge in [0.25, 0.3) is 0 Å². The van der Waals surface area contributed by atoms with Gasteiger partial charge in [0.15, 0.2) is 11.6 Å². The average molecular weight is 487 g/mol. The third-order valence-electron chi connectivity index (χ3n) is 5.88. The first-order chi connectivity index (χ1) is 16.3. The van der Waals surface area contributed by atoms with E-state index in [2.05, 4.69) is 10.4 Å². The number of nitrogens with zero attached hydrogens (tertiary/aromatic N) is 3. The van der Waals surface area contributed by atoms with Crippen molar-refractivity contribution >= 4 is 17.2 Å². The molecule has 1 aliphatic heterocycles. The number of ether oxygens (including phenoxy) is 2. The summed E-state index contributed by atoms with van der Waals surface area (Å²) in [7, 11) is 1.44. The molecular weight excluding hydrogens is 455 g/mol. The van der Waals surface area contributed by atoms with E-state index in [4.69, 9.17) is 14.5 Å². The van der Waals surface area contributed by atoms with E-state index in [0.717, 1.165) is 42.3 Å². The van der Waals surface area contributed by atoms with Gasteiger partial charge in [0.05, 0.1) is 42.2 Å². The summed E-state index contributed by atoms with van der Waals surface area (Å²) < 4.78 is 26.9. The van der Waals surface area contributed by atoms with Crippen molar-refractivity contribution in [3.8, 4) is 27.6 Å². The maximum absolute atomic E-state index is 14.5. The second kappa shape index (κ2) is 10.2. The summed E-state index contributed by atoms with van der Waals surface area (Å²) in [6.45, 7) is 8.33. The van der Waals surface area contributed by atoms with E-state index in [1.807, 2.05) is 36.9 Å². The summed E-state index contributed by atoms with van der Waals surface area (Å²) in [6.07, 6.45) is 3.94. The van der Waals surface area contributed by atoms with Gasteiger partial charge in [0.2, 0.25) is 5.91 Å². The number of carbonyl (C=O) groups excluding carboxylic acids is 1. The lowest BCUT2D eigenvalue weighted by molar-refractivity contribution is -0.120. The molecule has 0 unspecified atom stereocenters. The number of rotatable bonds is 7. The zero-order chi connectivity index (χ0) is 24.3. The molecule has 0 spiro atoms. The van der Waals surface area contributed by atoms with Crippen LogP contribution in [0.2, 0.25) is 0 Å². The van der Waals surface area contributed by atoms with Crippen molar-refractivity contribution < 1.29 is 18.7 Å². The Morgan fingerprint density at radius 1 is 1.32 bits per heavy atom. The van der Waals surface area contributed by atoms with Gasteiger partial charge < -0.3 is 14.8 Å². The molecule has 182 valence electrons. The minimum atomic E-state index is -0.436. The highest BCUT2D eigenvalue weighted by atomic mass is 32.1. The van der Waals surface area contributed by atoms with E-state index in [-0.39, 0.29) is 23.6 Å². The first kappa shape index (κ1) is 24.3. The lowest BCUT2D eigenvalue weighted by Crippen LogP contribution is -2.33. The molecular formula is C25H31FN4O3S. The first-order valence-electron chi connectivity index (χ1n) is 11.5. The van der Waals surface area contributed by atoms with Crippen LogP contribution in [0.4, 0.5) is 4.39 Å². The van der Waals surface area contributed by atoms with Crippen LogP contribution in [0.15, 0.2) is 29.8 Å². The van der Waals surface area contributed by atoms with E-state index < -0.39 is 5.82 Å². The van der Waals surface area contributed by atoms with E-state index in [9.17, 15) is 9.18 Å². The molecule has 0 saturated carbocycles. The van der Waals surface area contributed by atoms with Gasteiger partial charge in [-0.2, -0.15) is 5.10 Å². The van der Waals surface area contributed by atoms with Crippen LogP contribution in [0.3, 0.4) is 0 Å². The Morgan fingerprint density at radius 2 is 2.09 bits per heavy atom. The lowest BCUT2D eigenvalue weighted by Gasteiger charge is -2.23. The molecule has 1 aliphatic rings. The van der Waals surface area contributed by atoms with Crippen LogP contribution in [0.5, 0.6) is 5.75 Å². The van der Waals surface area contributed by atoms with Gasteiger partial charge in [-0.05, 0) is 57.7 Å². The summed E-state index contributed by atoms with van der Waals surface area (Å²) >= 11 is 1.46. The van der Waals surface area contributed by atoms with Gasteiger partial charge in [-0.3, -0.25) is 9.48 Å². The fourth-order valence-electron chi connectivity index (χ4n) is 4.05. The third kappa shape index (κ3) is 5.47. The fourth-order valence-corrected chi connectivity index (χ4v) is 4.88. The molecule has 0 aliphatic carbocycles. The number of amides is 1. The zero-order valence-electron chi connectivity index (χ0n) is 20.1. The molecule has 1 saturated heterocycles. The molecule has 1 amide bonds. The van der Waals surface area contributed by atoms with Crippen LogP contribution in [0.25, 0.3) is 21.8 Å². The Balaban J connectivity index is 1.56. The maximum atomic E-state index is 14.5. The number of nitrogens with one attached hydrogen (secondary N) is 1. The van der Waals surface area contributed by atoms with E-state index >= 15 is 0 Å². The predicted molar refractivity (Wildman–Crippen MR) is 131 cm³/mol. The van der Waals surface area contributed by atoms with Gasteiger partial charge in [0, 0.05) is 30.7 Å². The normalized spacial score (nSPS) is 14.9. The van der Waals surface area contributed by atoms with Gasteiger partial charge in [-0.25, -0.2) is 9.37 Å².